The molecule has 1 atom stereocenters. The fourth-order valence-electron chi connectivity index (χ4n) is 3.20. The van der Waals surface area contributed by atoms with Gasteiger partial charge in [0.2, 0.25) is 0 Å². The van der Waals surface area contributed by atoms with Crippen molar-refractivity contribution in [2.24, 2.45) is 0 Å². The highest BCUT2D eigenvalue weighted by Gasteiger charge is 2.17. The van der Waals surface area contributed by atoms with Crippen molar-refractivity contribution in [2.45, 2.75) is 6.04 Å². The highest BCUT2D eigenvalue weighted by atomic mass is 16.3. The van der Waals surface area contributed by atoms with Crippen LogP contribution in [-0.2, 0) is 0 Å². The molecule has 0 fully saturated rings. The van der Waals surface area contributed by atoms with Gasteiger partial charge in [-0.25, -0.2) is 0 Å². The molecule has 2 aromatic carbocycles. The van der Waals surface area contributed by atoms with Crippen LogP contribution in [0, 0.1) is 0 Å². The summed E-state index contributed by atoms with van der Waals surface area (Å²) in [6.07, 6.45) is 10.3. The Hall–Kier alpha value is -3.07. The molecule has 0 bridgehead atoms. The van der Waals surface area contributed by atoms with Crippen molar-refractivity contribution < 1.29 is 5.11 Å². The Morgan fingerprint density at radius 2 is 1.96 bits per heavy atom. The van der Waals surface area contributed by atoms with Crippen LogP contribution in [0.25, 0.3) is 23.1 Å². The van der Waals surface area contributed by atoms with E-state index in [9.17, 15) is 5.11 Å². The zero-order valence-corrected chi connectivity index (χ0v) is 13.4. The maximum Gasteiger partial charge on any atom is 0.141 e. The number of rotatable bonds is 2. The molecule has 4 rings (SSSR count). The highest BCUT2D eigenvalue weighted by molar-refractivity contribution is 5.91. The molecule has 0 saturated heterocycles. The SMILES string of the molecule is CN1C=Cc2ccccc2C1/C=C/c1ccc(O)c2ncccc12. The largest absolute Gasteiger partial charge is 0.506 e. The number of phenolic OH excluding ortho intramolecular Hbond substituents is 1. The zero-order chi connectivity index (χ0) is 16.5. The molecule has 0 saturated carbocycles. The maximum absolute atomic E-state index is 9.98. The number of aromatic hydroxyl groups is 1. The Morgan fingerprint density at radius 3 is 2.88 bits per heavy atom. The minimum absolute atomic E-state index is 0.187. The van der Waals surface area contributed by atoms with Gasteiger partial charge in [-0.05, 0) is 34.9 Å². The van der Waals surface area contributed by atoms with Crippen LogP contribution in [0.1, 0.15) is 22.7 Å². The molecule has 118 valence electrons. The highest BCUT2D eigenvalue weighted by Crippen LogP contribution is 2.32. The van der Waals surface area contributed by atoms with Crippen LogP contribution < -0.4 is 0 Å². The van der Waals surface area contributed by atoms with Gasteiger partial charge in [-0.2, -0.15) is 0 Å². The minimum atomic E-state index is 0.187. The molecule has 1 aromatic heterocycles. The van der Waals surface area contributed by atoms with Crippen molar-refractivity contribution in [2.75, 3.05) is 7.05 Å². The Bertz CT molecular complexity index is 959. The number of benzene rings is 2. The molecular weight excluding hydrogens is 296 g/mol. The van der Waals surface area contributed by atoms with E-state index in [4.69, 9.17) is 0 Å². The Kier molecular flexibility index (Phi) is 3.54. The van der Waals surface area contributed by atoms with Crippen molar-refractivity contribution >= 4 is 23.1 Å². The number of phenols is 1. The van der Waals surface area contributed by atoms with Crippen LogP contribution in [0.15, 0.2) is 67.0 Å². The quantitative estimate of drug-likeness (QED) is 0.750. The first kappa shape index (κ1) is 14.5. The van der Waals surface area contributed by atoms with Crippen LogP contribution in [0.2, 0.25) is 0 Å². The van der Waals surface area contributed by atoms with Gasteiger partial charge in [0.15, 0.2) is 0 Å². The number of likely N-dealkylation sites (N-methyl/N-ethyl adjacent to an activating group) is 1. The monoisotopic (exact) mass is 314 g/mol. The lowest BCUT2D eigenvalue weighted by molar-refractivity contribution is 0.392. The van der Waals surface area contributed by atoms with Crippen molar-refractivity contribution in [1.82, 2.24) is 9.88 Å². The van der Waals surface area contributed by atoms with Gasteiger partial charge in [0.1, 0.15) is 11.3 Å². The van der Waals surface area contributed by atoms with E-state index in [1.54, 1.807) is 12.3 Å². The summed E-state index contributed by atoms with van der Waals surface area (Å²) in [6, 6.07) is 16.1. The van der Waals surface area contributed by atoms with Gasteiger partial charge >= 0.3 is 0 Å². The van der Waals surface area contributed by atoms with Crippen molar-refractivity contribution in [3.63, 3.8) is 0 Å². The summed E-state index contributed by atoms with van der Waals surface area (Å²) in [5, 5.41) is 10.9. The third kappa shape index (κ3) is 2.44. The van der Waals surface area contributed by atoms with Gasteiger partial charge in [-0.15, -0.1) is 0 Å². The molecule has 1 aliphatic rings. The summed E-state index contributed by atoms with van der Waals surface area (Å²) in [5.74, 6) is 0.214. The minimum Gasteiger partial charge on any atom is -0.506 e. The van der Waals surface area contributed by atoms with E-state index >= 15 is 0 Å². The molecule has 1 unspecified atom stereocenters. The van der Waals surface area contributed by atoms with E-state index in [2.05, 4.69) is 65.6 Å². The fraction of sp³-hybridized carbons (Fsp3) is 0.0952. The van der Waals surface area contributed by atoms with E-state index < -0.39 is 0 Å². The molecule has 0 amide bonds. The summed E-state index contributed by atoms with van der Waals surface area (Å²) >= 11 is 0. The van der Waals surface area contributed by atoms with Crippen LogP contribution in [0.4, 0.5) is 0 Å². The van der Waals surface area contributed by atoms with Gasteiger partial charge in [-0.1, -0.05) is 48.6 Å². The second-order valence-corrected chi connectivity index (χ2v) is 5.99. The summed E-state index contributed by atoms with van der Waals surface area (Å²) in [4.78, 5) is 6.48. The van der Waals surface area contributed by atoms with Gasteiger partial charge in [0.05, 0.1) is 6.04 Å². The van der Waals surface area contributed by atoms with E-state index in [1.165, 1.54) is 11.1 Å². The fourth-order valence-corrected chi connectivity index (χ4v) is 3.20. The number of aromatic nitrogens is 1. The molecule has 3 nitrogen and oxygen atoms in total. The molecule has 0 radical (unpaired) electrons. The lowest BCUT2D eigenvalue weighted by Crippen LogP contribution is -2.20. The van der Waals surface area contributed by atoms with Gasteiger partial charge in [-0.3, -0.25) is 4.98 Å². The van der Waals surface area contributed by atoms with Crippen molar-refractivity contribution in [3.05, 3.63) is 83.7 Å². The molecule has 1 N–H and O–H groups in total. The Labute approximate surface area is 141 Å². The predicted molar refractivity (Wildman–Crippen MR) is 98.4 cm³/mol. The average Bonchev–Trinajstić information content (AvgIpc) is 2.63. The smallest absolute Gasteiger partial charge is 0.141 e. The van der Waals surface area contributed by atoms with Crippen molar-refractivity contribution in [3.8, 4) is 5.75 Å². The number of hydrogen-bond acceptors (Lipinski definition) is 3. The molecule has 0 aliphatic carbocycles. The molecule has 1 aliphatic heterocycles. The number of hydrogen-bond donors (Lipinski definition) is 1. The maximum atomic E-state index is 9.98. The van der Waals surface area contributed by atoms with Gasteiger partial charge < -0.3 is 10.0 Å². The topological polar surface area (TPSA) is 36.4 Å². The van der Waals surface area contributed by atoms with Crippen LogP contribution in [-0.4, -0.2) is 22.0 Å². The van der Waals surface area contributed by atoms with Gasteiger partial charge in [0.25, 0.3) is 0 Å². The second kappa shape index (κ2) is 5.85. The molecule has 3 aromatic rings. The summed E-state index contributed by atoms with van der Waals surface area (Å²) in [5.41, 5.74) is 4.23. The van der Waals surface area contributed by atoms with E-state index in [1.807, 2.05) is 18.2 Å². The first-order chi connectivity index (χ1) is 11.7. The Morgan fingerprint density at radius 1 is 1.08 bits per heavy atom. The van der Waals surface area contributed by atoms with E-state index in [0.29, 0.717) is 5.52 Å². The Balaban J connectivity index is 1.76. The van der Waals surface area contributed by atoms with E-state index in [0.717, 1.165) is 10.9 Å². The van der Waals surface area contributed by atoms with Crippen LogP contribution >= 0.6 is 0 Å². The zero-order valence-electron chi connectivity index (χ0n) is 13.4. The molecule has 3 heteroatoms. The number of fused-ring (bicyclic) bond motifs is 2. The summed E-state index contributed by atoms with van der Waals surface area (Å²) < 4.78 is 0. The summed E-state index contributed by atoms with van der Waals surface area (Å²) in [7, 11) is 2.08. The van der Waals surface area contributed by atoms with Crippen LogP contribution in [0.3, 0.4) is 0 Å². The third-order valence-corrected chi connectivity index (χ3v) is 4.48. The van der Waals surface area contributed by atoms with Crippen molar-refractivity contribution in [1.29, 1.82) is 0 Å². The third-order valence-electron chi connectivity index (χ3n) is 4.48. The lowest BCUT2D eigenvalue weighted by Gasteiger charge is -2.29. The summed E-state index contributed by atoms with van der Waals surface area (Å²) in [6.45, 7) is 0. The second-order valence-electron chi connectivity index (χ2n) is 5.99. The normalized spacial score (nSPS) is 16.7. The predicted octanol–water partition coefficient (Wildman–Crippen LogP) is 4.61. The average molecular weight is 314 g/mol. The van der Waals surface area contributed by atoms with Crippen LogP contribution in [0.5, 0.6) is 5.75 Å². The lowest BCUT2D eigenvalue weighted by atomic mass is 9.95. The molecule has 24 heavy (non-hydrogen) atoms. The van der Waals surface area contributed by atoms with E-state index in [-0.39, 0.29) is 11.8 Å². The molecule has 0 spiro atoms. The number of nitrogens with zero attached hydrogens (tertiary/aromatic N) is 2. The first-order valence-corrected chi connectivity index (χ1v) is 7.98. The van der Waals surface area contributed by atoms with Gasteiger partial charge in [0, 0.05) is 24.8 Å². The number of pyridine rings is 1. The molecule has 2 heterocycles. The first-order valence-electron chi connectivity index (χ1n) is 7.98. The standard InChI is InChI=1S/C21H18N2O/c1-23-14-12-15-5-2-3-6-17(15)19(23)10-8-16-9-11-20(24)21-18(16)7-4-13-22-21/h2-14,19,24H,1H3/b10-8+. The molecular formula is C21H18N2O.